The Labute approximate surface area is 372 Å². The Bertz CT molecular complexity index is 2350. The number of amides is 2. The number of H-pyrrole nitrogens is 1. The van der Waals surface area contributed by atoms with Gasteiger partial charge in [0.05, 0.1) is 106 Å². The minimum absolute atomic E-state index is 0.133. The number of rotatable bonds is 27. The largest absolute Gasteiger partial charge is 0.496 e. The number of Topliss-reactive ketones (excluding diaryl/α,β-unsaturated/α-hetero) is 1. The summed E-state index contributed by atoms with van der Waals surface area (Å²) < 4.78 is 44.4. The number of carbonyl (C=O) groups excluding carboxylic acids is 3. The fourth-order valence-electron chi connectivity index (χ4n) is 6.94. The predicted molar refractivity (Wildman–Crippen MR) is 234 cm³/mol. The van der Waals surface area contributed by atoms with Crippen LogP contribution in [-0.2, 0) is 28.5 Å². The maximum absolute atomic E-state index is 13.5. The van der Waals surface area contributed by atoms with E-state index in [1.54, 1.807) is 53.6 Å². The molecular weight excluding hydrogens is 853 g/mol. The molecule has 0 unspecified atom stereocenters. The Morgan fingerprint density at radius 3 is 1.89 bits per heavy atom. The van der Waals surface area contributed by atoms with Crippen LogP contribution in [0.15, 0.2) is 83.6 Å². The van der Waals surface area contributed by atoms with E-state index in [0.717, 1.165) is 5.56 Å². The second kappa shape index (κ2) is 24.2. The van der Waals surface area contributed by atoms with Crippen molar-refractivity contribution in [3.8, 4) is 22.8 Å². The van der Waals surface area contributed by atoms with Crippen LogP contribution in [0.4, 0.5) is 17.1 Å². The molecule has 21 nitrogen and oxygen atoms in total. The highest BCUT2D eigenvalue weighted by Gasteiger charge is 2.31. The molecule has 3 heterocycles. The maximum atomic E-state index is 13.5. The van der Waals surface area contributed by atoms with Crippen molar-refractivity contribution >= 4 is 45.6 Å². The van der Waals surface area contributed by atoms with Crippen LogP contribution < -0.4 is 14.8 Å². The Hall–Kier alpha value is -6.91. The van der Waals surface area contributed by atoms with Gasteiger partial charge < -0.3 is 57.7 Å². The topological polar surface area (TPSA) is 250 Å². The van der Waals surface area contributed by atoms with Gasteiger partial charge in [-0.25, -0.2) is 0 Å². The Morgan fingerprint density at radius 1 is 0.723 bits per heavy atom. The number of nitrogens with one attached hydrogen (secondary N) is 2. The van der Waals surface area contributed by atoms with Crippen LogP contribution >= 0.6 is 0 Å². The molecule has 0 radical (unpaired) electrons. The molecule has 2 aromatic heterocycles. The van der Waals surface area contributed by atoms with E-state index in [1.807, 2.05) is 6.07 Å². The van der Waals surface area contributed by atoms with Crippen LogP contribution in [0, 0.1) is 20.2 Å². The number of hydrogen-bond acceptors (Lipinski definition) is 16. The third-order valence-corrected chi connectivity index (χ3v) is 10.1. The van der Waals surface area contributed by atoms with E-state index in [1.165, 1.54) is 36.4 Å². The molecule has 1 aliphatic rings. The van der Waals surface area contributed by atoms with Gasteiger partial charge in [0.2, 0.25) is 0 Å². The highest BCUT2D eigenvalue weighted by molar-refractivity contribution is 6.45. The lowest BCUT2D eigenvalue weighted by Gasteiger charge is -2.34. The van der Waals surface area contributed by atoms with Gasteiger partial charge in [0.25, 0.3) is 29.0 Å². The Kier molecular flexibility index (Phi) is 17.7. The highest BCUT2D eigenvalue weighted by atomic mass is 16.6. The van der Waals surface area contributed by atoms with Crippen molar-refractivity contribution in [2.45, 2.75) is 0 Å². The number of ketones is 1. The van der Waals surface area contributed by atoms with Crippen LogP contribution in [0.25, 0.3) is 22.2 Å². The number of para-hydroxylation sites is 1. The van der Waals surface area contributed by atoms with E-state index >= 15 is 0 Å². The fraction of sp³-hybridized carbons (Fsp3) is 0.386. The molecule has 0 spiro atoms. The van der Waals surface area contributed by atoms with Gasteiger partial charge in [0.1, 0.15) is 23.9 Å². The number of carbonyl (C=O) groups is 3. The first kappa shape index (κ1) is 47.6. The summed E-state index contributed by atoms with van der Waals surface area (Å²) in [6.45, 7) is 4.45. The smallest absolute Gasteiger partial charge is 0.299 e. The second-order valence-corrected chi connectivity index (χ2v) is 14.2. The lowest BCUT2D eigenvalue weighted by Crippen LogP contribution is -2.52. The number of anilines is 1. The number of ether oxygens (including phenoxy) is 7. The van der Waals surface area contributed by atoms with Gasteiger partial charge in [-0.15, -0.1) is 0 Å². The number of benzene rings is 3. The van der Waals surface area contributed by atoms with Crippen LogP contribution in [0.2, 0.25) is 0 Å². The molecule has 2 N–H and O–H groups in total. The molecule has 5 aromatic rings. The summed E-state index contributed by atoms with van der Waals surface area (Å²) in [5.74, 6) is 0.0123. The lowest BCUT2D eigenvalue weighted by molar-refractivity contribution is -0.392. The number of hydrogen-bond donors (Lipinski definition) is 2. The summed E-state index contributed by atoms with van der Waals surface area (Å²) in [6.07, 6.45) is 3.07. The molecule has 346 valence electrons. The number of nitrogens with zero attached hydrogens (tertiary/aromatic N) is 4. The number of aromatic amines is 1. The number of piperazine rings is 1. The summed E-state index contributed by atoms with van der Waals surface area (Å²) >= 11 is 0. The number of furan rings is 1. The minimum Gasteiger partial charge on any atom is -0.496 e. The van der Waals surface area contributed by atoms with E-state index in [-0.39, 0.29) is 81.1 Å². The van der Waals surface area contributed by atoms with Gasteiger partial charge >= 0.3 is 0 Å². The standard InChI is InChI=1S/C44H50N6O15/c1-58-38-11-10-33(37-9-4-17-65-37)40-39(38)34(30-46-40)42(51)44(53)48-15-13-47(14-16-48)43(52)31-5-2-6-32(29-31)64-28-27-63-26-25-62-24-23-61-22-21-60-20-19-59-18-12-45-41-35(49(54)55)7-3-8-36(41)50(56)57/h2-11,17,29-30,45-46H,12-16,18-28H2,1H3. The number of fused-ring (bicyclic) bond motifs is 1. The normalized spacial score (nSPS) is 12.6. The van der Waals surface area contributed by atoms with Crippen LogP contribution in [-0.4, -0.2) is 155 Å². The third-order valence-electron chi connectivity index (χ3n) is 10.1. The third kappa shape index (κ3) is 12.9. The van der Waals surface area contributed by atoms with Gasteiger partial charge in [-0.05, 0) is 48.5 Å². The van der Waals surface area contributed by atoms with Gasteiger partial charge in [-0.3, -0.25) is 34.6 Å². The first-order valence-electron chi connectivity index (χ1n) is 20.8. The first-order valence-corrected chi connectivity index (χ1v) is 20.8. The van der Waals surface area contributed by atoms with Crippen molar-refractivity contribution in [2.75, 3.05) is 118 Å². The van der Waals surface area contributed by atoms with Crippen molar-refractivity contribution in [1.82, 2.24) is 14.8 Å². The molecular formula is C44H50N6O15. The van der Waals surface area contributed by atoms with E-state index in [4.69, 9.17) is 37.6 Å². The zero-order valence-electron chi connectivity index (χ0n) is 35.7. The lowest BCUT2D eigenvalue weighted by atomic mass is 10.0. The number of nitro groups is 2. The number of aromatic nitrogens is 1. The van der Waals surface area contributed by atoms with Crippen molar-refractivity contribution in [3.63, 3.8) is 0 Å². The maximum Gasteiger partial charge on any atom is 0.299 e. The van der Waals surface area contributed by atoms with E-state index < -0.39 is 21.5 Å². The van der Waals surface area contributed by atoms with Crippen molar-refractivity contribution in [1.29, 1.82) is 0 Å². The van der Waals surface area contributed by atoms with Crippen molar-refractivity contribution < 1.29 is 61.8 Å². The number of nitro benzene ring substituents is 2. The Morgan fingerprint density at radius 2 is 1.31 bits per heavy atom. The zero-order valence-corrected chi connectivity index (χ0v) is 35.7. The molecule has 0 atom stereocenters. The molecule has 0 saturated carbocycles. The molecule has 6 rings (SSSR count). The first-order chi connectivity index (χ1) is 31.7. The summed E-state index contributed by atoms with van der Waals surface area (Å²) in [7, 11) is 1.50. The molecule has 0 bridgehead atoms. The zero-order chi connectivity index (χ0) is 46.0. The average molecular weight is 903 g/mol. The summed E-state index contributed by atoms with van der Waals surface area (Å²) in [5, 5.41) is 25.6. The van der Waals surface area contributed by atoms with Gasteiger partial charge in [0, 0.05) is 62.2 Å². The summed E-state index contributed by atoms with van der Waals surface area (Å²) in [5.41, 5.74) is 1.04. The molecule has 1 aliphatic heterocycles. The average Bonchev–Trinajstić information content (AvgIpc) is 4.03. The minimum atomic E-state index is -0.682. The summed E-state index contributed by atoms with van der Waals surface area (Å²) in [4.78, 5) is 67.7. The van der Waals surface area contributed by atoms with Crippen molar-refractivity contribution in [3.05, 3.63) is 111 Å². The van der Waals surface area contributed by atoms with Crippen molar-refractivity contribution in [2.24, 2.45) is 0 Å². The predicted octanol–water partition coefficient (Wildman–Crippen LogP) is 4.99. The molecule has 1 fully saturated rings. The van der Waals surface area contributed by atoms with Gasteiger partial charge in [-0.2, -0.15) is 0 Å². The highest BCUT2D eigenvalue weighted by Crippen LogP contribution is 2.37. The second-order valence-electron chi connectivity index (χ2n) is 14.2. The summed E-state index contributed by atoms with van der Waals surface area (Å²) in [6, 6.07) is 17.6. The molecule has 3 aromatic carbocycles. The van der Waals surface area contributed by atoms with Crippen LogP contribution in [0.3, 0.4) is 0 Å². The van der Waals surface area contributed by atoms with Crippen LogP contribution in [0.1, 0.15) is 20.7 Å². The number of methoxy groups -OCH3 is 1. The van der Waals surface area contributed by atoms with E-state index in [0.29, 0.717) is 86.6 Å². The fourth-order valence-corrected chi connectivity index (χ4v) is 6.94. The SMILES string of the molecule is COc1ccc(-c2ccco2)c2[nH]cc(C(=O)C(=O)N3CCN(C(=O)c4cccc(OCCOCCOCCOCCOCCOCCNc5c([N+](=O)[O-])cccc5[N+](=O)[O-])c4)CC3)c12. The van der Waals surface area contributed by atoms with E-state index in [2.05, 4.69) is 10.3 Å². The molecule has 65 heavy (non-hydrogen) atoms. The van der Waals surface area contributed by atoms with E-state index in [9.17, 15) is 34.6 Å². The van der Waals surface area contributed by atoms with Gasteiger partial charge in [-0.1, -0.05) is 6.07 Å². The monoisotopic (exact) mass is 902 g/mol. The molecule has 2 amide bonds. The molecule has 0 aliphatic carbocycles. The van der Waals surface area contributed by atoms with Gasteiger partial charge in [0.15, 0.2) is 5.69 Å². The molecule has 21 heteroatoms. The Balaban J connectivity index is 0.781. The van der Waals surface area contributed by atoms with Crippen LogP contribution in [0.5, 0.6) is 11.5 Å². The molecule has 1 saturated heterocycles. The quantitative estimate of drug-likeness (QED) is 0.0231.